The molecule has 0 aliphatic heterocycles. The van der Waals surface area contributed by atoms with E-state index in [-0.39, 0.29) is 27.3 Å². The fraction of sp³-hybridized carbons (Fsp3) is 0. The van der Waals surface area contributed by atoms with E-state index < -0.39 is 7.81 Å². The standard InChI is InChI=1S/F6P.Mg.2H/c1-7(2,3,4,5)6;;;/q-1;+2;2*-1/p+1. The maximum absolute atomic E-state index is 10.7. The summed E-state index contributed by atoms with van der Waals surface area (Å²) in [6.07, 6.45) is 0. The Morgan fingerprint density at radius 1 is 0.875 bits per heavy atom. The van der Waals surface area contributed by atoms with Gasteiger partial charge in [-0.1, -0.05) is 0 Å². The van der Waals surface area contributed by atoms with Gasteiger partial charge < -0.3 is 2.85 Å². The van der Waals surface area contributed by atoms with Crippen LogP contribution in [0.25, 0.3) is 0 Å². The summed E-state index contributed by atoms with van der Waals surface area (Å²) in [6, 6.07) is 0. The largest absolute Gasteiger partial charge is 2.00 e. The van der Waals surface area contributed by atoms with Crippen LogP contribution in [0.15, 0.2) is 0 Å². The zero-order chi connectivity index (χ0) is 6.41. The van der Waals surface area contributed by atoms with Gasteiger partial charge in [-0.15, -0.1) is 0 Å². The summed E-state index contributed by atoms with van der Waals surface area (Å²) in [5, 5.41) is 0. The Bertz CT molecular complexity index is 76.4. The van der Waals surface area contributed by atoms with Gasteiger partial charge in [0.25, 0.3) is 0 Å². The third-order valence-electron chi connectivity index (χ3n) is 0. The topological polar surface area (TPSA) is 0 Å². The number of halogens is 6. The van der Waals surface area contributed by atoms with Gasteiger partial charge in [0.15, 0.2) is 0 Å². The summed E-state index contributed by atoms with van der Waals surface area (Å²) >= 11 is 0. The van der Waals surface area contributed by atoms with Crippen LogP contribution in [0.5, 0.6) is 0 Å². The first-order chi connectivity index (χ1) is 2.45. The molecule has 52 valence electrons. The third kappa shape index (κ3) is 375. The summed E-state index contributed by atoms with van der Waals surface area (Å²) in [7, 11) is -10.7. The second kappa shape index (κ2) is 1.43. The first-order valence-corrected chi connectivity index (χ1v) is 3.04. The van der Waals surface area contributed by atoms with E-state index in [9.17, 15) is 25.2 Å². The summed E-state index contributed by atoms with van der Waals surface area (Å²) in [4.78, 5) is 0. The SMILES string of the molecule is F[P-](F)(F)(F)(F)F.[H+].[H-].[H-].[Mg+2]. The Hall–Kier alpha value is 0.776. The van der Waals surface area contributed by atoms with Crippen LogP contribution in [0.2, 0.25) is 0 Å². The molecule has 0 aromatic carbocycles. The van der Waals surface area contributed by atoms with Crippen LogP contribution in [0, 0.1) is 0 Å². The molecule has 0 aromatic rings. The van der Waals surface area contributed by atoms with Crippen molar-refractivity contribution in [1.29, 1.82) is 0 Å². The number of rotatable bonds is 0. The van der Waals surface area contributed by atoms with Gasteiger partial charge in [-0.3, -0.25) is 0 Å². The van der Waals surface area contributed by atoms with Crippen LogP contribution in [-0.2, 0) is 0 Å². The van der Waals surface area contributed by atoms with Gasteiger partial charge in [-0.05, 0) is 0 Å². The molecule has 0 saturated carbocycles. The van der Waals surface area contributed by atoms with Crippen molar-refractivity contribution in [3.63, 3.8) is 0 Å². The Balaban J connectivity index is -0.0000000300. The van der Waals surface area contributed by atoms with Crippen molar-refractivity contribution < 1.29 is 29.5 Å². The summed E-state index contributed by atoms with van der Waals surface area (Å²) < 4.78 is 59.2. The predicted molar refractivity (Wildman–Crippen MR) is 22.7 cm³/mol. The molecule has 0 fully saturated rings. The van der Waals surface area contributed by atoms with Crippen molar-refractivity contribution >= 4 is 30.9 Å². The van der Waals surface area contributed by atoms with E-state index >= 15 is 0 Å². The van der Waals surface area contributed by atoms with Crippen LogP contribution < -0.4 is 0 Å². The summed E-state index contributed by atoms with van der Waals surface area (Å²) in [5.74, 6) is 0. The molecule has 0 unspecified atom stereocenters. The molecule has 0 aliphatic carbocycles. The fourth-order valence-electron chi connectivity index (χ4n) is 0. The molecule has 0 aliphatic rings. The number of hydrogen-bond acceptors (Lipinski definition) is 0. The Labute approximate surface area is 61.1 Å². The first kappa shape index (κ1) is 11.6. The van der Waals surface area contributed by atoms with E-state index in [1.165, 1.54) is 0 Å². The number of hydrogen-bond donors (Lipinski definition) is 0. The van der Waals surface area contributed by atoms with Crippen LogP contribution >= 0.6 is 7.81 Å². The third-order valence-corrected chi connectivity index (χ3v) is 0. The molecular weight excluding hydrogens is 169 g/mol. The molecule has 0 nitrogen and oxygen atoms in total. The van der Waals surface area contributed by atoms with Crippen LogP contribution in [0.3, 0.4) is 0 Å². The van der Waals surface area contributed by atoms with E-state index in [4.69, 9.17) is 0 Å². The molecule has 0 saturated heterocycles. The molecule has 8 heteroatoms. The maximum Gasteiger partial charge on any atom is 2.00 e. The summed E-state index contributed by atoms with van der Waals surface area (Å²) in [6.45, 7) is 0. The quantitative estimate of drug-likeness (QED) is 0.299. The van der Waals surface area contributed by atoms with Crippen molar-refractivity contribution in [1.82, 2.24) is 0 Å². The molecule has 0 N–H and O–H groups in total. The normalized spacial score (nSPS) is 20.2. The Kier molecular flexibility index (Phi) is 2.07. The minimum atomic E-state index is -10.7. The van der Waals surface area contributed by atoms with E-state index in [0.29, 0.717) is 0 Å². The molecule has 8 heavy (non-hydrogen) atoms. The molecular formula is H3F6MgP. The van der Waals surface area contributed by atoms with Crippen molar-refractivity contribution in [2.45, 2.75) is 0 Å². The second-order valence-electron chi connectivity index (χ2n) is 0.958. The van der Waals surface area contributed by atoms with Gasteiger partial charge in [0.2, 0.25) is 0 Å². The molecule has 0 bridgehead atoms. The van der Waals surface area contributed by atoms with Crippen molar-refractivity contribution in [2.75, 3.05) is 0 Å². The van der Waals surface area contributed by atoms with Gasteiger partial charge in [0, 0.05) is 0 Å². The van der Waals surface area contributed by atoms with Gasteiger partial charge in [0.05, 0.1) is 0 Å². The van der Waals surface area contributed by atoms with Gasteiger partial charge >= 0.3 is 57.5 Å². The molecule has 0 radical (unpaired) electrons. The average molecular weight is 172 g/mol. The van der Waals surface area contributed by atoms with E-state index in [0.717, 1.165) is 0 Å². The Morgan fingerprint density at radius 2 is 0.875 bits per heavy atom. The van der Waals surface area contributed by atoms with E-state index in [1.54, 1.807) is 0 Å². The predicted octanol–water partition coefficient (Wildman–Crippen LogP) is 3.34. The zero-order valence-corrected chi connectivity index (χ0v) is 5.73. The van der Waals surface area contributed by atoms with Gasteiger partial charge in [-0.2, -0.15) is 0 Å². The van der Waals surface area contributed by atoms with E-state index in [2.05, 4.69) is 0 Å². The van der Waals surface area contributed by atoms with Crippen LogP contribution in [0.1, 0.15) is 4.28 Å². The second-order valence-corrected chi connectivity index (χ2v) is 2.87. The molecule has 0 heterocycles. The molecule has 0 spiro atoms. The molecule has 0 rings (SSSR count). The van der Waals surface area contributed by atoms with Gasteiger partial charge in [0.1, 0.15) is 0 Å². The Morgan fingerprint density at radius 3 is 0.875 bits per heavy atom. The fourth-order valence-corrected chi connectivity index (χ4v) is 0. The van der Waals surface area contributed by atoms with Crippen LogP contribution in [0.4, 0.5) is 25.2 Å². The molecule has 0 amide bonds. The molecule has 0 aromatic heterocycles. The monoisotopic (exact) mass is 172 g/mol. The van der Waals surface area contributed by atoms with Crippen molar-refractivity contribution in [3.05, 3.63) is 0 Å². The minimum absolute atomic E-state index is 0. The van der Waals surface area contributed by atoms with Crippen molar-refractivity contribution in [3.8, 4) is 0 Å². The molecule has 0 atom stereocenters. The average Bonchev–Trinajstić information content (AvgIpc) is 0.592. The first-order valence-electron chi connectivity index (χ1n) is 1.01. The smallest absolute Gasteiger partial charge is 1.00 e. The zero-order valence-electron chi connectivity index (χ0n) is 6.42. The summed E-state index contributed by atoms with van der Waals surface area (Å²) in [5.41, 5.74) is 0. The van der Waals surface area contributed by atoms with Crippen LogP contribution in [-0.4, -0.2) is 23.1 Å². The van der Waals surface area contributed by atoms with Gasteiger partial charge in [-0.25, -0.2) is 0 Å². The maximum atomic E-state index is 9.87. The minimum Gasteiger partial charge on any atom is -1.00 e. The van der Waals surface area contributed by atoms with E-state index in [1.807, 2.05) is 0 Å². The van der Waals surface area contributed by atoms with Crippen molar-refractivity contribution in [2.24, 2.45) is 0 Å².